The van der Waals surface area contributed by atoms with Crippen molar-refractivity contribution in [3.05, 3.63) is 29.8 Å². The molecule has 1 N–H and O–H groups in total. The molecule has 0 bridgehead atoms. The number of ether oxygens (including phenoxy) is 1. The molecular weight excluding hydrogens is 222 g/mol. The van der Waals surface area contributed by atoms with Crippen molar-refractivity contribution in [2.24, 2.45) is 0 Å². The Hall–Kier alpha value is -1.02. The fraction of sp³-hybridized carbons (Fsp3) is 0.625. The molecule has 1 aliphatic rings. The van der Waals surface area contributed by atoms with Gasteiger partial charge in [0.2, 0.25) is 0 Å². The third-order valence-corrected chi connectivity index (χ3v) is 3.68. The highest BCUT2D eigenvalue weighted by Gasteiger charge is 2.13. The molecule has 1 saturated heterocycles. The molecule has 2 rings (SSSR count). The van der Waals surface area contributed by atoms with Gasteiger partial charge in [-0.05, 0) is 43.4 Å². The van der Waals surface area contributed by atoms with Crippen LogP contribution in [-0.4, -0.2) is 19.2 Å². The highest BCUT2D eigenvalue weighted by Crippen LogP contribution is 2.26. The van der Waals surface area contributed by atoms with Crippen LogP contribution in [0, 0.1) is 0 Å². The molecule has 0 aliphatic carbocycles. The highest BCUT2D eigenvalue weighted by molar-refractivity contribution is 5.35. The van der Waals surface area contributed by atoms with Gasteiger partial charge < -0.3 is 10.1 Å². The molecule has 0 spiro atoms. The maximum Gasteiger partial charge on any atom is 0.122 e. The summed E-state index contributed by atoms with van der Waals surface area (Å²) in [6.45, 7) is 6.42. The van der Waals surface area contributed by atoms with Gasteiger partial charge in [-0.3, -0.25) is 0 Å². The SMILES string of the molecule is CC(C)c1ccccc1OCC[C@@H]1CCCCN1. The van der Waals surface area contributed by atoms with Crippen LogP contribution in [0.15, 0.2) is 24.3 Å². The lowest BCUT2D eigenvalue weighted by Gasteiger charge is -2.23. The lowest BCUT2D eigenvalue weighted by molar-refractivity contribution is 0.265. The molecule has 0 saturated carbocycles. The van der Waals surface area contributed by atoms with Crippen LogP contribution in [0.25, 0.3) is 0 Å². The molecule has 1 aromatic rings. The summed E-state index contributed by atoms with van der Waals surface area (Å²) in [5, 5.41) is 3.56. The van der Waals surface area contributed by atoms with Crippen LogP contribution >= 0.6 is 0 Å². The first-order chi connectivity index (χ1) is 8.77. The second-order valence-corrected chi connectivity index (χ2v) is 5.48. The summed E-state index contributed by atoms with van der Waals surface area (Å²) in [5.41, 5.74) is 1.31. The fourth-order valence-electron chi connectivity index (χ4n) is 2.57. The van der Waals surface area contributed by atoms with E-state index in [0.29, 0.717) is 12.0 Å². The van der Waals surface area contributed by atoms with Crippen molar-refractivity contribution in [3.63, 3.8) is 0 Å². The van der Waals surface area contributed by atoms with Gasteiger partial charge in [-0.1, -0.05) is 38.5 Å². The number of para-hydroxylation sites is 1. The molecule has 2 nitrogen and oxygen atoms in total. The topological polar surface area (TPSA) is 21.3 Å². The summed E-state index contributed by atoms with van der Waals surface area (Å²) in [5.74, 6) is 1.58. The predicted molar refractivity (Wildman–Crippen MR) is 76.3 cm³/mol. The van der Waals surface area contributed by atoms with Crippen molar-refractivity contribution < 1.29 is 4.74 Å². The zero-order chi connectivity index (χ0) is 12.8. The van der Waals surface area contributed by atoms with E-state index in [4.69, 9.17) is 4.74 Å². The smallest absolute Gasteiger partial charge is 0.122 e. The molecule has 100 valence electrons. The van der Waals surface area contributed by atoms with Crippen molar-refractivity contribution in [3.8, 4) is 5.75 Å². The Labute approximate surface area is 111 Å². The van der Waals surface area contributed by atoms with E-state index in [1.807, 2.05) is 0 Å². The van der Waals surface area contributed by atoms with E-state index in [1.165, 1.54) is 31.4 Å². The normalized spacial score (nSPS) is 20.1. The molecular formula is C16H25NO. The first-order valence-corrected chi connectivity index (χ1v) is 7.22. The highest BCUT2D eigenvalue weighted by atomic mass is 16.5. The van der Waals surface area contributed by atoms with Gasteiger partial charge >= 0.3 is 0 Å². The maximum atomic E-state index is 5.96. The molecule has 18 heavy (non-hydrogen) atoms. The van der Waals surface area contributed by atoms with Gasteiger partial charge in [-0.25, -0.2) is 0 Å². The van der Waals surface area contributed by atoms with E-state index in [0.717, 1.165) is 18.8 Å². The van der Waals surface area contributed by atoms with Gasteiger partial charge in [0.25, 0.3) is 0 Å². The Morgan fingerprint density at radius 1 is 1.28 bits per heavy atom. The Balaban J connectivity index is 1.82. The minimum Gasteiger partial charge on any atom is -0.493 e. The molecule has 2 heteroatoms. The first kappa shape index (κ1) is 13.4. The van der Waals surface area contributed by atoms with Crippen LogP contribution in [-0.2, 0) is 0 Å². The zero-order valence-electron chi connectivity index (χ0n) is 11.6. The standard InChI is InChI=1S/C16H25NO/c1-13(2)15-8-3-4-9-16(15)18-12-10-14-7-5-6-11-17-14/h3-4,8-9,13-14,17H,5-7,10-12H2,1-2H3/t14-/m0/s1. The monoisotopic (exact) mass is 247 g/mol. The third-order valence-electron chi connectivity index (χ3n) is 3.68. The third kappa shape index (κ3) is 3.74. The number of nitrogens with one attached hydrogen (secondary N) is 1. The second kappa shape index (κ2) is 6.79. The second-order valence-electron chi connectivity index (χ2n) is 5.48. The van der Waals surface area contributed by atoms with Crippen molar-refractivity contribution >= 4 is 0 Å². The average Bonchev–Trinajstić information content (AvgIpc) is 2.40. The van der Waals surface area contributed by atoms with Crippen LogP contribution in [0.1, 0.15) is 51.0 Å². The zero-order valence-corrected chi connectivity index (χ0v) is 11.6. The summed E-state index contributed by atoms with van der Waals surface area (Å²) in [6, 6.07) is 9.05. The molecule has 1 heterocycles. The van der Waals surface area contributed by atoms with Crippen molar-refractivity contribution in [2.45, 2.75) is 51.5 Å². The lowest BCUT2D eigenvalue weighted by Crippen LogP contribution is -2.35. The summed E-state index contributed by atoms with van der Waals surface area (Å²) >= 11 is 0. The minimum absolute atomic E-state index is 0.522. The van der Waals surface area contributed by atoms with Crippen molar-refractivity contribution in [1.29, 1.82) is 0 Å². The molecule has 0 aromatic heterocycles. The Kier molecular flexibility index (Phi) is 5.06. The van der Waals surface area contributed by atoms with Gasteiger partial charge in [0.1, 0.15) is 5.75 Å². The molecule has 0 radical (unpaired) electrons. The summed E-state index contributed by atoms with van der Waals surface area (Å²) in [6.07, 6.45) is 5.11. The van der Waals surface area contributed by atoms with Gasteiger partial charge in [0.15, 0.2) is 0 Å². The number of hydrogen-bond donors (Lipinski definition) is 1. The van der Waals surface area contributed by atoms with Crippen molar-refractivity contribution in [2.75, 3.05) is 13.2 Å². The molecule has 1 fully saturated rings. The molecule has 0 unspecified atom stereocenters. The largest absolute Gasteiger partial charge is 0.493 e. The van der Waals surface area contributed by atoms with Crippen LogP contribution < -0.4 is 10.1 Å². The average molecular weight is 247 g/mol. The Morgan fingerprint density at radius 3 is 2.83 bits per heavy atom. The van der Waals surface area contributed by atoms with E-state index in [1.54, 1.807) is 0 Å². The van der Waals surface area contributed by atoms with E-state index in [2.05, 4.69) is 43.4 Å². The molecule has 1 aromatic carbocycles. The van der Waals surface area contributed by atoms with Crippen molar-refractivity contribution in [1.82, 2.24) is 5.32 Å². The Bertz CT molecular complexity index is 356. The van der Waals surface area contributed by atoms with Gasteiger partial charge in [0, 0.05) is 6.04 Å². The number of benzene rings is 1. The van der Waals surface area contributed by atoms with E-state index in [9.17, 15) is 0 Å². The van der Waals surface area contributed by atoms with Gasteiger partial charge in [-0.15, -0.1) is 0 Å². The fourth-order valence-corrected chi connectivity index (χ4v) is 2.57. The van der Waals surface area contributed by atoms with E-state index >= 15 is 0 Å². The lowest BCUT2D eigenvalue weighted by atomic mass is 10.0. The van der Waals surface area contributed by atoms with Crippen LogP contribution in [0.5, 0.6) is 5.75 Å². The number of piperidine rings is 1. The van der Waals surface area contributed by atoms with Crippen LogP contribution in [0.3, 0.4) is 0 Å². The predicted octanol–water partition coefficient (Wildman–Crippen LogP) is 3.72. The molecule has 1 atom stereocenters. The van der Waals surface area contributed by atoms with Gasteiger partial charge in [-0.2, -0.15) is 0 Å². The summed E-state index contributed by atoms with van der Waals surface area (Å²) < 4.78 is 5.96. The van der Waals surface area contributed by atoms with Crippen LogP contribution in [0.4, 0.5) is 0 Å². The Morgan fingerprint density at radius 2 is 2.11 bits per heavy atom. The maximum absolute atomic E-state index is 5.96. The number of hydrogen-bond acceptors (Lipinski definition) is 2. The molecule has 0 amide bonds. The minimum atomic E-state index is 0.522. The van der Waals surface area contributed by atoms with Crippen LogP contribution in [0.2, 0.25) is 0 Å². The summed E-state index contributed by atoms with van der Waals surface area (Å²) in [7, 11) is 0. The van der Waals surface area contributed by atoms with E-state index < -0.39 is 0 Å². The first-order valence-electron chi connectivity index (χ1n) is 7.22. The molecule has 1 aliphatic heterocycles. The summed E-state index contributed by atoms with van der Waals surface area (Å²) in [4.78, 5) is 0. The quantitative estimate of drug-likeness (QED) is 0.856. The van der Waals surface area contributed by atoms with E-state index in [-0.39, 0.29) is 0 Å². The number of rotatable bonds is 5. The van der Waals surface area contributed by atoms with Gasteiger partial charge in [0.05, 0.1) is 6.61 Å².